The van der Waals surface area contributed by atoms with E-state index in [1.807, 2.05) is 13.1 Å². The van der Waals surface area contributed by atoms with Gasteiger partial charge in [0.2, 0.25) is 5.91 Å². The molecule has 1 rings (SSSR count). The first-order chi connectivity index (χ1) is 7.09. The van der Waals surface area contributed by atoms with Gasteiger partial charge in [0.1, 0.15) is 0 Å². The maximum atomic E-state index is 11.2. The first kappa shape index (κ1) is 11.6. The summed E-state index contributed by atoms with van der Waals surface area (Å²) in [5.41, 5.74) is 6.31. The van der Waals surface area contributed by atoms with Gasteiger partial charge >= 0.3 is 0 Å². The average molecular weight is 226 g/mol. The molecule has 0 aromatic carbocycles. The van der Waals surface area contributed by atoms with Gasteiger partial charge in [-0.05, 0) is 6.07 Å². The molecule has 1 amide bonds. The molecule has 1 heterocycles. The van der Waals surface area contributed by atoms with Crippen molar-refractivity contribution < 1.29 is 4.79 Å². The van der Waals surface area contributed by atoms with Crippen LogP contribution in [0.4, 0.5) is 0 Å². The molecule has 0 radical (unpaired) electrons. The van der Waals surface area contributed by atoms with Crippen LogP contribution in [0.15, 0.2) is 12.3 Å². The monoisotopic (exact) mass is 226 g/mol. The fourth-order valence-corrected chi connectivity index (χ4v) is 1.33. The van der Waals surface area contributed by atoms with Crippen LogP contribution in [0.3, 0.4) is 0 Å². The van der Waals surface area contributed by atoms with E-state index < -0.39 is 0 Å². The lowest BCUT2D eigenvalue weighted by molar-refractivity contribution is -0.119. The van der Waals surface area contributed by atoms with Crippen molar-refractivity contribution in [3.63, 3.8) is 0 Å². The molecule has 0 aliphatic carbocycles. The number of nitrogens with two attached hydrogens (primary N) is 1. The molecular weight excluding hydrogens is 212 g/mol. The lowest BCUT2D eigenvalue weighted by Crippen LogP contribution is -2.29. The van der Waals surface area contributed by atoms with Crippen molar-refractivity contribution in [3.8, 4) is 0 Å². The zero-order valence-electron chi connectivity index (χ0n) is 8.56. The molecule has 82 valence electrons. The lowest BCUT2D eigenvalue weighted by atomic mass is 10.3. The third kappa shape index (κ3) is 4.07. The number of hydrogen-bond acceptors (Lipinski definition) is 3. The van der Waals surface area contributed by atoms with Crippen molar-refractivity contribution in [2.75, 3.05) is 6.54 Å². The van der Waals surface area contributed by atoms with E-state index in [1.165, 1.54) is 0 Å². The number of thiocarbonyl (C=S) groups is 1. The summed E-state index contributed by atoms with van der Waals surface area (Å²) in [6.45, 7) is 0.570. The van der Waals surface area contributed by atoms with Gasteiger partial charge in [0.25, 0.3) is 0 Å². The predicted molar refractivity (Wildman–Crippen MR) is 61.3 cm³/mol. The SMILES string of the molecule is Cn1nccc1CCNC(=O)CC(N)=S. The van der Waals surface area contributed by atoms with Crippen LogP contribution in [-0.4, -0.2) is 27.2 Å². The summed E-state index contributed by atoms with van der Waals surface area (Å²) < 4.78 is 1.78. The van der Waals surface area contributed by atoms with E-state index in [1.54, 1.807) is 10.9 Å². The topological polar surface area (TPSA) is 72.9 Å². The standard InChI is InChI=1S/C9H14N4OS/c1-13-7(3-5-12-13)2-4-11-9(14)6-8(10)15/h3,5H,2,4,6H2,1H3,(H2,10,15)(H,11,14). The maximum Gasteiger partial charge on any atom is 0.226 e. The van der Waals surface area contributed by atoms with Crippen LogP contribution >= 0.6 is 12.2 Å². The summed E-state index contributed by atoms with van der Waals surface area (Å²) in [6.07, 6.45) is 2.59. The van der Waals surface area contributed by atoms with Gasteiger partial charge in [-0.1, -0.05) is 12.2 Å². The minimum absolute atomic E-state index is 0.112. The molecule has 3 N–H and O–H groups in total. The van der Waals surface area contributed by atoms with E-state index in [0.29, 0.717) is 6.54 Å². The molecule has 1 aromatic rings. The molecule has 0 aliphatic heterocycles. The second kappa shape index (κ2) is 5.45. The van der Waals surface area contributed by atoms with Crippen molar-refractivity contribution in [1.29, 1.82) is 0 Å². The van der Waals surface area contributed by atoms with E-state index in [0.717, 1.165) is 12.1 Å². The van der Waals surface area contributed by atoms with Crippen molar-refractivity contribution in [1.82, 2.24) is 15.1 Å². The molecule has 0 unspecified atom stereocenters. The molecule has 0 saturated carbocycles. The number of aryl methyl sites for hydroxylation is 1. The Hall–Kier alpha value is -1.43. The molecule has 5 nitrogen and oxygen atoms in total. The number of nitrogens with one attached hydrogen (secondary N) is 1. The molecule has 6 heteroatoms. The normalized spacial score (nSPS) is 9.93. The quantitative estimate of drug-likeness (QED) is 0.679. The third-order valence-corrected chi connectivity index (χ3v) is 2.10. The minimum Gasteiger partial charge on any atom is -0.393 e. The van der Waals surface area contributed by atoms with Gasteiger partial charge in [0.05, 0.1) is 11.4 Å². The van der Waals surface area contributed by atoms with Gasteiger partial charge < -0.3 is 11.1 Å². The van der Waals surface area contributed by atoms with E-state index >= 15 is 0 Å². The molecule has 0 atom stereocenters. The highest BCUT2D eigenvalue weighted by atomic mass is 32.1. The largest absolute Gasteiger partial charge is 0.393 e. The number of rotatable bonds is 5. The molecule has 0 saturated heterocycles. The Bertz CT molecular complexity index is 361. The van der Waals surface area contributed by atoms with Gasteiger partial charge in [0, 0.05) is 31.9 Å². The Morgan fingerprint density at radius 1 is 1.73 bits per heavy atom. The van der Waals surface area contributed by atoms with Crippen molar-refractivity contribution in [3.05, 3.63) is 18.0 Å². The molecule has 0 aliphatic rings. The van der Waals surface area contributed by atoms with E-state index in [4.69, 9.17) is 5.73 Å². The second-order valence-electron chi connectivity index (χ2n) is 3.19. The molecule has 1 aromatic heterocycles. The number of aromatic nitrogens is 2. The van der Waals surface area contributed by atoms with Crippen LogP contribution in [0.2, 0.25) is 0 Å². The van der Waals surface area contributed by atoms with Gasteiger partial charge in [-0.2, -0.15) is 5.10 Å². The van der Waals surface area contributed by atoms with Crippen molar-refractivity contribution >= 4 is 23.1 Å². The van der Waals surface area contributed by atoms with Gasteiger partial charge in [-0.25, -0.2) is 0 Å². The molecule has 0 bridgehead atoms. The number of carbonyl (C=O) groups excluding carboxylic acids is 1. The lowest BCUT2D eigenvalue weighted by Gasteiger charge is -2.04. The zero-order chi connectivity index (χ0) is 11.3. The number of amides is 1. The van der Waals surface area contributed by atoms with Gasteiger partial charge in [-0.3, -0.25) is 9.48 Å². The van der Waals surface area contributed by atoms with Crippen LogP contribution in [0.1, 0.15) is 12.1 Å². The number of hydrogen-bond donors (Lipinski definition) is 2. The van der Waals surface area contributed by atoms with Crippen LogP contribution in [0, 0.1) is 0 Å². The predicted octanol–water partition coefficient (Wildman–Crippen LogP) is -0.245. The summed E-state index contributed by atoms with van der Waals surface area (Å²) in [5, 5.41) is 6.76. The summed E-state index contributed by atoms with van der Waals surface area (Å²) in [4.78, 5) is 11.4. The first-order valence-electron chi connectivity index (χ1n) is 4.61. The highest BCUT2D eigenvalue weighted by molar-refractivity contribution is 7.80. The fraction of sp³-hybridized carbons (Fsp3) is 0.444. The van der Waals surface area contributed by atoms with E-state index in [2.05, 4.69) is 22.6 Å². The van der Waals surface area contributed by atoms with Crippen LogP contribution in [0.5, 0.6) is 0 Å². The number of nitrogens with zero attached hydrogens (tertiary/aromatic N) is 2. The molecular formula is C9H14N4OS. The van der Waals surface area contributed by atoms with Crippen molar-refractivity contribution in [2.45, 2.75) is 12.8 Å². The Morgan fingerprint density at radius 2 is 2.47 bits per heavy atom. The Labute approximate surface area is 93.6 Å². The van der Waals surface area contributed by atoms with Crippen molar-refractivity contribution in [2.24, 2.45) is 12.8 Å². The van der Waals surface area contributed by atoms with Crippen LogP contribution < -0.4 is 11.1 Å². The summed E-state index contributed by atoms with van der Waals surface area (Å²) >= 11 is 4.63. The highest BCUT2D eigenvalue weighted by Crippen LogP contribution is 1.96. The smallest absolute Gasteiger partial charge is 0.226 e. The van der Waals surface area contributed by atoms with Gasteiger partial charge in [-0.15, -0.1) is 0 Å². The van der Waals surface area contributed by atoms with E-state index in [9.17, 15) is 4.79 Å². The van der Waals surface area contributed by atoms with Gasteiger partial charge in [0.15, 0.2) is 0 Å². The first-order valence-corrected chi connectivity index (χ1v) is 5.02. The third-order valence-electron chi connectivity index (χ3n) is 1.96. The highest BCUT2D eigenvalue weighted by Gasteiger charge is 2.03. The summed E-state index contributed by atoms with van der Waals surface area (Å²) in [5.74, 6) is -0.135. The molecule has 15 heavy (non-hydrogen) atoms. The van der Waals surface area contributed by atoms with Crippen LogP contribution in [0.25, 0.3) is 0 Å². The Morgan fingerprint density at radius 3 is 3.00 bits per heavy atom. The molecule has 0 spiro atoms. The zero-order valence-corrected chi connectivity index (χ0v) is 9.38. The fourth-order valence-electron chi connectivity index (χ4n) is 1.20. The molecule has 0 fully saturated rings. The Balaban J connectivity index is 2.25. The van der Waals surface area contributed by atoms with Crippen LogP contribution in [-0.2, 0) is 18.3 Å². The Kier molecular flexibility index (Phi) is 4.23. The second-order valence-corrected chi connectivity index (χ2v) is 3.71. The number of carbonyl (C=O) groups is 1. The van der Waals surface area contributed by atoms with E-state index in [-0.39, 0.29) is 17.3 Å². The average Bonchev–Trinajstić information content (AvgIpc) is 2.50. The minimum atomic E-state index is -0.135. The summed E-state index contributed by atoms with van der Waals surface area (Å²) in [7, 11) is 1.87. The maximum absolute atomic E-state index is 11.2. The summed E-state index contributed by atoms with van der Waals surface area (Å²) in [6, 6.07) is 1.92.